The Labute approximate surface area is 249 Å². The summed E-state index contributed by atoms with van der Waals surface area (Å²) in [7, 11) is 4.78. The summed E-state index contributed by atoms with van der Waals surface area (Å²) in [5, 5.41) is 0. The minimum Gasteiger partial charge on any atom is -0.497 e. The number of rotatable bonds is 9. The minimum absolute atomic E-state index is 0.0363. The molecule has 0 aliphatic carbocycles. The molecule has 0 amide bonds. The van der Waals surface area contributed by atoms with Crippen LogP contribution in [0.25, 0.3) is 6.08 Å². The van der Waals surface area contributed by atoms with E-state index in [1.165, 1.54) is 0 Å². The maximum absolute atomic E-state index is 13.5. The molecule has 1 atom stereocenters. The van der Waals surface area contributed by atoms with Gasteiger partial charge in [0, 0.05) is 29.0 Å². The summed E-state index contributed by atoms with van der Waals surface area (Å²) in [6, 6.07) is 24.0. The molecule has 4 aromatic rings. The number of carbonyl (C=O) groups is 2. The fourth-order valence-corrected chi connectivity index (χ4v) is 5.48. The van der Waals surface area contributed by atoms with Crippen molar-refractivity contribution in [1.29, 1.82) is 0 Å². The molecule has 0 radical (unpaired) electrons. The number of para-hydroxylation sites is 2. The van der Waals surface area contributed by atoms with E-state index >= 15 is 0 Å². The van der Waals surface area contributed by atoms with Gasteiger partial charge in [-0.3, -0.25) is 9.59 Å². The summed E-state index contributed by atoms with van der Waals surface area (Å²) in [5.41, 5.74) is 3.54. The van der Waals surface area contributed by atoms with Crippen LogP contribution in [0.3, 0.4) is 0 Å². The van der Waals surface area contributed by atoms with Crippen molar-refractivity contribution >= 4 is 17.8 Å². The Morgan fingerprint density at radius 2 is 1.58 bits per heavy atom. The third-order valence-corrected chi connectivity index (χ3v) is 7.61. The second-order valence-corrected chi connectivity index (χ2v) is 10.1. The molecular formula is C35H30O8. The summed E-state index contributed by atoms with van der Waals surface area (Å²) < 4.78 is 34.6. The zero-order chi connectivity index (χ0) is 29.9. The van der Waals surface area contributed by atoms with Crippen LogP contribution in [0.15, 0.2) is 84.6 Å². The Morgan fingerprint density at radius 1 is 0.814 bits per heavy atom. The number of esters is 1. The molecular weight excluding hydrogens is 548 g/mol. The van der Waals surface area contributed by atoms with Crippen LogP contribution >= 0.6 is 0 Å². The third kappa shape index (κ3) is 5.39. The summed E-state index contributed by atoms with van der Waals surface area (Å²) in [6.45, 7) is 0.372. The SMILES string of the molecule is COc1ccc(CCOc2c(OC)cccc2[C@H]2CC(=O)Oc3ccc4c(c32)O/C(=C\c2ccccc2OC)C4=O)cc1. The predicted molar refractivity (Wildman–Crippen MR) is 160 cm³/mol. The summed E-state index contributed by atoms with van der Waals surface area (Å²) in [6.07, 6.45) is 2.35. The molecule has 0 bridgehead atoms. The van der Waals surface area contributed by atoms with Gasteiger partial charge in [0.2, 0.25) is 5.78 Å². The number of allylic oxidation sites excluding steroid dienone is 1. The summed E-state index contributed by atoms with van der Waals surface area (Å²) >= 11 is 0. The van der Waals surface area contributed by atoms with Crippen molar-refractivity contribution in [1.82, 2.24) is 0 Å². The zero-order valence-corrected chi connectivity index (χ0v) is 24.0. The second kappa shape index (κ2) is 11.9. The van der Waals surface area contributed by atoms with Crippen LogP contribution < -0.4 is 28.4 Å². The Balaban J connectivity index is 1.36. The fourth-order valence-electron chi connectivity index (χ4n) is 5.48. The standard InChI is InChI=1S/C35H30O8/c1-38-23-13-11-21(12-14-23)17-18-41-34-24(8-6-10-29(34)40-3)26-20-31(36)42-28-16-15-25-33(37)30(43-35(25)32(26)28)19-22-7-4-5-9-27(22)39-2/h4-16,19,26H,17-18,20H2,1-3H3/b30-19-/t26-/m1/s1. The molecule has 0 unspecified atom stereocenters. The molecule has 2 aliphatic heterocycles. The van der Waals surface area contributed by atoms with Gasteiger partial charge in [-0.05, 0) is 48.0 Å². The smallest absolute Gasteiger partial charge is 0.312 e. The minimum atomic E-state index is -0.504. The number of ketones is 1. The summed E-state index contributed by atoms with van der Waals surface area (Å²) in [4.78, 5) is 26.3. The van der Waals surface area contributed by atoms with Crippen LogP contribution in [-0.4, -0.2) is 39.7 Å². The molecule has 4 aromatic carbocycles. The Hall–Kier alpha value is -5.24. The van der Waals surface area contributed by atoms with Gasteiger partial charge in [-0.1, -0.05) is 42.5 Å². The van der Waals surface area contributed by atoms with E-state index in [1.54, 1.807) is 39.5 Å². The third-order valence-electron chi connectivity index (χ3n) is 7.61. The van der Waals surface area contributed by atoms with Crippen molar-refractivity contribution < 1.29 is 38.0 Å². The molecule has 0 N–H and O–H groups in total. The second-order valence-electron chi connectivity index (χ2n) is 10.1. The molecule has 2 aliphatic rings. The van der Waals surface area contributed by atoms with Crippen LogP contribution in [-0.2, 0) is 11.2 Å². The number of benzene rings is 4. The molecule has 2 heterocycles. The number of hydrogen-bond donors (Lipinski definition) is 0. The lowest BCUT2D eigenvalue weighted by molar-refractivity contribution is -0.135. The van der Waals surface area contributed by atoms with Gasteiger partial charge in [0.15, 0.2) is 17.3 Å². The highest BCUT2D eigenvalue weighted by molar-refractivity contribution is 6.15. The maximum atomic E-state index is 13.5. The largest absolute Gasteiger partial charge is 0.497 e. The lowest BCUT2D eigenvalue weighted by Crippen LogP contribution is -2.22. The molecule has 0 spiro atoms. The Kier molecular flexibility index (Phi) is 7.75. The van der Waals surface area contributed by atoms with Gasteiger partial charge < -0.3 is 28.4 Å². The first-order chi connectivity index (χ1) is 21.0. The molecule has 0 aromatic heterocycles. The molecule has 8 heteroatoms. The van der Waals surface area contributed by atoms with E-state index in [0.717, 1.165) is 16.9 Å². The normalized spacial score (nSPS) is 16.2. The van der Waals surface area contributed by atoms with Gasteiger partial charge in [-0.15, -0.1) is 0 Å². The quantitative estimate of drug-likeness (QED) is 0.128. The molecule has 0 saturated carbocycles. The number of hydrogen-bond acceptors (Lipinski definition) is 8. The Morgan fingerprint density at radius 3 is 2.35 bits per heavy atom. The number of carbonyl (C=O) groups excluding carboxylic acids is 2. The van der Waals surface area contributed by atoms with Crippen LogP contribution in [0.2, 0.25) is 0 Å². The molecule has 0 fully saturated rings. The monoisotopic (exact) mass is 578 g/mol. The van der Waals surface area contributed by atoms with Gasteiger partial charge in [0.05, 0.1) is 39.9 Å². The van der Waals surface area contributed by atoms with E-state index in [2.05, 4.69) is 0 Å². The Bertz CT molecular complexity index is 1720. The van der Waals surface area contributed by atoms with Crippen molar-refractivity contribution in [2.45, 2.75) is 18.8 Å². The fraction of sp³-hybridized carbons (Fsp3) is 0.200. The van der Waals surface area contributed by atoms with E-state index < -0.39 is 11.9 Å². The highest BCUT2D eigenvalue weighted by Crippen LogP contribution is 2.51. The lowest BCUT2D eigenvalue weighted by Gasteiger charge is -2.28. The van der Waals surface area contributed by atoms with Crippen molar-refractivity contribution in [3.8, 4) is 34.5 Å². The molecule has 43 heavy (non-hydrogen) atoms. The molecule has 8 nitrogen and oxygen atoms in total. The van der Waals surface area contributed by atoms with Crippen molar-refractivity contribution in [3.05, 3.63) is 112 Å². The molecule has 0 saturated heterocycles. The average molecular weight is 579 g/mol. The van der Waals surface area contributed by atoms with Crippen molar-refractivity contribution in [2.24, 2.45) is 0 Å². The molecule has 218 valence electrons. The van der Waals surface area contributed by atoms with E-state index in [-0.39, 0.29) is 18.0 Å². The van der Waals surface area contributed by atoms with E-state index in [4.69, 9.17) is 28.4 Å². The topological polar surface area (TPSA) is 89.5 Å². The number of Topliss-reactive ketones (excluding diaryl/α,β-unsaturated/α-hetero) is 1. The maximum Gasteiger partial charge on any atom is 0.312 e. The highest BCUT2D eigenvalue weighted by Gasteiger charge is 2.40. The summed E-state index contributed by atoms with van der Waals surface area (Å²) in [5.74, 6) is 2.18. The number of methoxy groups -OCH3 is 3. The van der Waals surface area contributed by atoms with Crippen molar-refractivity contribution in [3.63, 3.8) is 0 Å². The van der Waals surface area contributed by atoms with Gasteiger partial charge >= 0.3 is 5.97 Å². The van der Waals surface area contributed by atoms with Crippen LogP contribution in [0.1, 0.15) is 45.0 Å². The van der Waals surface area contributed by atoms with Gasteiger partial charge in [0.1, 0.15) is 23.0 Å². The van der Waals surface area contributed by atoms with Crippen LogP contribution in [0.4, 0.5) is 0 Å². The van der Waals surface area contributed by atoms with Gasteiger partial charge in [-0.25, -0.2) is 0 Å². The van der Waals surface area contributed by atoms with E-state index in [1.807, 2.05) is 66.7 Å². The van der Waals surface area contributed by atoms with E-state index in [9.17, 15) is 9.59 Å². The number of ether oxygens (including phenoxy) is 6. The lowest BCUT2D eigenvalue weighted by atomic mass is 9.84. The van der Waals surface area contributed by atoms with Crippen LogP contribution in [0, 0.1) is 0 Å². The first-order valence-electron chi connectivity index (χ1n) is 13.9. The van der Waals surface area contributed by atoms with Crippen molar-refractivity contribution in [2.75, 3.05) is 27.9 Å². The first-order valence-corrected chi connectivity index (χ1v) is 13.9. The molecule has 6 rings (SSSR count). The average Bonchev–Trinajstić information content (AvgIpc) is 3.35. The predicted octanol–water partition coefficient (Wildman–Crippen LogP) is 6.39. The van der Waals surface area contributed by atoms with Crippen LogP contribution in [0.5, 0.6) is 34.5 Å². The first kappa shape index (κ1) is 27.9. The van der Waals surface area contributed by atoms with Gasteiger partial charge in [0.25, 0.3) is 0 Å². The zero-order valence-electron chi connectivity index (χ0n) is 24.0. The number of fused-ring (bicyclic) bond motifs is 3. The highest BCUT2D eigenvalue weighted by atomic mass is 16.5. The van der Waals surface area contributed by atoms with E-state index in [0.29, 0.717) is 58.5 Å². The van der Waals surface area contributed by atoms with Gasteiger partial charge in [-0.2, -0.15) is 0 Å².